The Morgan fingerprint density at radius 3 is 2.68 bits per heavy atom. The molecule has 2 fully saturated rings. The monoisotopic (exact) mass is 331 g/mol. The molecule has 1 unspecified atom stereocenters. The summed E-state index contributed by atoms with van der Waals surface area (Å²) in [6.07, 6.45) is 5.80. The van der Waals surface area contributed by atoms with Crippen LogP contribution in [-0.4, -0.2) is 41.9 Å². The highest BCUT2D eigenvalue weighted by molar-refractivity contribution is 9.09. The lowest BCUT2D eigenvalue weighted by molar-refractivity contribution is -0.149. The normalized spacial score (nSPS) is 26.9. The maximum absolute atomic E-state index is 13.0. The van der Waals surface area contributed by atoms with Crippen molar-refractivity contribution >= 4 is 21.8 Å². The van der Waals surface area contributed by atoms with Crippen molar-refractivity contribution < 1.29 is 9.53 Å². The Morgan fingerprint density at radius 2 is 2.11 bits per heavy atom. The van der Waals surface area contributed by atoms with Gasteiger partial charge in [-0.3, -0.25) is 4.79 Å². The van der Waals surface area contributed by atoms with Crippen molar-refractivity contribution in [2.45, 2.75) is 52.1 Å². The van der Waals surface area contributed by atoms with E-state index < -0.39 is 0 Å². The summed E-state index contributed by atoms with van der Waals surface area (Å²) in [5.74, 6) is 0.989. The lowest BCUT2D eigenvalue weighted by atomic mass is 9.77. The molecule has 2 aliphatic rings. The molecule has 19 heavy (non-hydrogen) atoms. The first-order valence-corrected chi connectivity index (χ1v) is 8.66. The summed E-state index contributed by atoms with van der Waals surface area (Å²) in [4.78, 5) is 15.0. The van der Waals surface area contributed by atoms with E-state index in [0.717, 1.165) is 37.7 Å². The molecule has 1 atom stereocenters. The van der Waals surface area contributed by atoms with E-state index in [4.69, 9.17) is 4.74 Å². The van der Waals surface area contributed by atoms with Crippen LogP contribution >= 0.6 is 15.9 Å². The number of morpholine rings is 1. The van der Waals surface area contributed by atoms with Crippen LogP contribution in [0.15, 0.2) is 0 Å². The molecule has 110 valence electrons. The van der Waals surface area contributed by atoms with Crippen molar-refractivity contribution in [3.63, 3.8) is 0 Å². The van der Waals surface area contributed by atoms with E-state index >= 15 is 0 Å². The summed E-state index contributed by atoms with van der Waals surface area (Å²) in [6, 6.07) is 0. The Morgan fingerprint density at radius 1 is 1.42 bits per heavy atom. The Balaban J connectivity index is 2.06. The molecular weight excluding hydrogens is 306 g/mol. The minimum absolute atomic E-state index is 0.0671. The van der Waals surface area contributed by atoms with E-state index in [2.05, 4.69) is 34.7 Å². The lowest BCUT2D eigenvalue weighted by Crippen LogP contribution is -2.51. The van der Waals surface area contributed by atoms with E-state index in [1.165, 1.54) is 12.8 Å². The average molecular weight is 332 g/mol. The van der Waals surface area contributed by atoms with Gasteiger partial charge in [0.2, 0.25) is 5.91 Å². The van der Waals surface area contributed by atoms with Gasteiger partial charge in [0, 0.05) is 23.8 Å². The number of amides is 1. The molecular formula is C15H26BrNO2. The molecule has 1 aliphatic carbocycles. The first-order chi connectivity index (χ1) is 9.07. The molecule has 3 nitrogen and oxygen atoms in total. The van der Waals surface area contributed by atoms with Crippen LogP contribution in [0.5, 0.6) is 0 Å². The summed E-state index contributed by atoms with van der Waals surface area (Å²) < 4.78 is 5.64. The minimum atomic E-state index is -0.0671. The van der Waals surface area contributed by atoms with Gasteiger partial charge in [0.05, 0.1) is 12.7 Å². The Hall–Kier alpha value is -0.0900. The summed E-state index contributed by atoms with van der Waals surface area (Å²) in [6.45, 7) is 6.66. The predicted octanol–water partition coefficient (Wildman–Crippen LogP) is 3.22. The van der Waals surface area contributed by atoms with Crippen LogP contribution in [0.3, 0.4) is 0 Å². The van der Waals surface area contributed by atoms with Crippen molar-refractivity contribution in [2.24, 2.45) is 11.3 Å². The van der Waals surface area contributed by atoms with Gasteiger partial charge in [0.1, 0.15) is 0 Å². The van der Waals surface area contributed by atoms with Crippen LogP contribution in [0.4, 0.5) is 0 Å². The van der Waals surface area contributed by atoms with Crippen LogP contribution < -0.4 is 0 Å². The zero-order valence-electron chi connectivity index (χ0n) is 12.2. The molecule has 4 heteroatoms. The fourth-order valence-electron chi connectivity index (χ4n) is 3.67. The maximum atomic E-state index is 13.0. The van der Waals surface area contributed by atoms with Gasteiger partial charge in [-0.1, -0.05) is 42.6 Å². The van der Waals surface area contributed by atoms with E-state index in [1.807, 2.05) is 0 Å². The van der Waals surface area contributed by atoms with Gasteiger partial charge in [-0.2, -0.15) is 0 Å². The fourth-order valence-corrected chi connectivity index (χ4v) is 4.06. The number of rotatable bonds is 4. The highest BCUT2D eigenvalue weighted by Crippen LogP contribution is 2.44. The molecule has 1 amide bonds. The molecule has 1 saturated carbocycles. The first kappa shape index (κ1) is 15.3. The molecule has 0 aromatic rings. The SMILES string of the molecule is CC(C)CC1(C(=O)N2CCOC(CBr)C2)CCCC1. The van der Waals surface area contributed by atoms with Gasteiger partial charge in [-0.05, 0) is 25.2 Å². The van der Waals surface area contributed by atoms with Gasteiger partial charge in [-0.15, -0.1) is 0 Å². The van der Waals surface area contributed by atoms with Crippen molar-refractivity contribution in [2.75, 3.05) is 25.0 Å². The Bertz CT molecular complexity index is 313. The Labute approximate surface area is 125 Å². The number of halogens is 1. The second-order valence-electron chi connectivity index (χ2n) is 6.48. The molecule has 0 N–H and O–H groups in total. The van der Waals surface area contributed by atoms with Crippen LogP contribution in [0.1, 0.15) is 46.0 Å². The van der Waals surface area contributed by atoms with Gasteiger partial charge in [-0.25, -0.2) is 0 Å². The van der Waals surface area contributed by atoms with Crippen LogP contribution in [0.25, 0.3) is 0 Å². The average Bonchev–Trinajstić information content (AvgIpc) is 2.86. The molecule has 2 rings (SSSR count). The van der Waals surface area contributed by atoms with E-state index in [-0.39, 0.29) is 11.5 Å². The zero-order valence-corrected chi connectivity index (χ0v) is 13.7. The number of nitrogens with zero attached hydrogens (tertiary/aromatic N) is 1. The Kier molecular flexibility index (Phi) is 5.29. The quantitative estimate of drug-likeness (QED) is 0.740. The number of carbonyl (C=O) groups is 1. The smallest absolute Gasteiger partial charge is 0.228 e. The molecule has 0 radical (unpaired) electrons. The highest BCUT2D eigenvalue weighted by atomic mass is 79.9. The molecule has 0 aromatic carbocycles. The lowest BCUT2D eigenvalue weighted by Gasteiger charge is -2.39. The first-order valence-electron chi connectivity index (χ1n) is 7.54. The van der Waals surface area contributed by atoms with Crippen LogP contribution in [0, 0.1) is 11.3 Å². The summed E-state index contributed by atoms with van der Waals surface area (Å²) >= 11 is 3.46. The van der Waals surface area contributed by atoms with E-state index in [9.17, 15) is 4.79 Å². The fraction of sp³-hybridized carbons (Fsp3) is 0.933. The molecule has 1 aliphatic heterocycles. The molecule has 0 bridgehead atoms. The second kappa shape index (κ2) is 6.57. The third-order valence-electron chi connectivity index (χ3n) is 4.41. The van der Waals surface area contributed by atoms with Crippen molar-refractivity contribution in [1.29, 1.82) is 0 Å². The largest absolute Gasteiger partial charge is 0.374 e. The van der Waals surface area contributed by atoms with Gasteiger partial charge < -0.3 is 9.64 Å². The van der Waals surface area contributed by atoms with Crippen molar-refractivity contribution in [3.05, 3.63) is 0 Å². The number of carbonyl (C=O) groups excluding carboxylic acids is 1. The summed E-state index contributed by atoms with van der Waals surface area (Å²) in [5.41, 5.74) is -0.0671. The topological polar surface area (TPSA) is 29.5 Å². The number of alkyl halides is 1. The summed E-state index contributed by atoms with van der Waals surface area (Å²) in [5, 5.41) is 0.813. The molecule has 0 spiro atoms. The molecule has 1 heterocycles. The van der Waals surface area contributed by atoms with Crippen LogP contribution in [0.2, 0.25) is 0 Å². The predicted molar refractivity (Wildman–Crippen MR) is 80.5 cm³/mol. The molecule has 0 aromatic heterocycles. The highest BCUT2D eigenvalue weighted by Gasteiger charge is 2.44. The number of hydrogen-bond donors (Lipinski definition) is 0. The van der Waals surface area contributed by atoms with Gasteiger partial charge >= 0.3 is 0 Å². The van der Waals surface area contributed by atoms with Gasteiger partial charge in [0.25, 0.3) is 0 Å². The third-order valence-corrected chi connectivity index (χ3v) is 5.13. The van der Waals surface area contributed by atoms with Crippen molar-refractivity contribution in [3.8, 4) is 0 Å². The minimum Gasteiger partial charge on any atom is -0.374 e. The third kappa shape index (κ3) is 3.52. The summed E-state index contributed by atoms with van der Waals surface area (Å²) in [7, 11) is 0. The maximum Gasteiger partial charge on any atom is 0.228 e. The molecule has 1 saturated heterocycles. The second-order valence-corrected chi connectivity index (χ2v) is 7.13. The number of hydrogen-bond acceptors (Lipinski definition) is 2. The van der Waals surface area contributed by atoms with Crippen LogP contribution in [-0.2, 0) is 9.53 Å². The van der Waals surface area contributed by atoms with E-state index in [0.29, 0.717) is 18.4 Å². The standard InChI is InChI=1S/C15H26BrNO2/c1-12(2)9-15(5-3-4-6-15)14(18)17-7-8-19-13(10-16)11-17/h12-13H,3-11H2,1-2H3. The number of ether oxygens (including phenoxy) is 1. The zero-order chi connectivity index (χ0) is 13.9. The van der Waals surface area contributed by atoms with E-state index in [1.54, 1.807) is 0 Å². The van der Waals surface area contributed by atoms with Gasteiger partial charge in [0.15, 0.2) is 0 Å². The van der Waals surface area contributed by atoms with Crippen molar-refractivity contribution in [1.82, 2.24) is 4.90 Å².